The molecule has 0 aliphatic carbocycles. The van der Waals surface area contributed by atoms with Crippen molar-refractivity contribution in [3.05, 3.63) is 71.5 Å². The van der Waals surface area contributed by atoms with Crippen LogP contribution in [0.5, 0.6) is 0 Å². The summed E-state index contributed by atoms with van der Waals surface area (Å²) in [5, 5.41) is 6.87. The normalized spacial score (nSPS) is 19.8. The molecule has 1 aliphatic heterocycles. The molecule has 0 unspecified atom stereocenters. The zero-order valence-corrected chi connectivity index (χ0v) is 12.8. The summed E-state index contributed by atoms with van der Waals surface area (Å²) in [7, 11) is 0. The molecule has 1 atom stereocenters. The van der Waals surface area contributed by atoms with Gasteiger partial charge >= 0.3 is 0 Å². The van der Waals surface area contributed by atoms with E-state index in [2.05, 4.69) is 10.5 Å². The molecule has 0 radical (unpaired) electrons. The van der Waals surface area contributed by atoms with Crippen LogP contribution in [0.4, 0.5) is 4.39 Å². The Morgan fingerprint density at radius 1 is 1.22 bits per heavy atom. The van der Waals surface area contributed by atoms with Crippen molar-refractivity contribution in [3.63, 3.8) is 0 Å². The van der Waals surface area contributed by atoms with Crippen LogP contribution < -0.4 is 5.32 Å². The monoisotopic (exact) mass is 312 g/mol. The highest BCUT2D eigenvalue weighted by molar-refractivity contribution is 6.05. The highest BCUT2D eigenvalue weighted by Gasteiger charge is 2.42. The van der Waals surface area contributed by atoms with Crippen LogP contribution in [0.3, 0.4) is 0 Å². The molecule has 4 nitrogen and oxygen atoms in total. The van der Waals surface area contributed by atoms with Crippen molar-refractivity contribution in [3.8, 4) is 0 Å². The van der Waals surface area contributed by atoms with E-state index < -0.39 is 5.60 Å². The molecule has 2 aromatic carbocycles. The number of carbonyl (C=O) groups is 1. The lowest BCUT2D eigenvalue weighted by Crippen LogP contribution is -2.44. The van der Waals surface area contributed by atoms with Crippen molar-refractivity contribution >= 4 is 11.6 Å². The maximum Gasteiger partial charge on any atom is 0.267 e. The van der Waals surface area contributed by atoms with Gasteiger partial charge in [0.25, 0.3) is 5.91 Å². The first-order valence-corrected chi connectivity index (χ1v) is 7.40. The molecular formula is C18H17FN2O2. The van der Waals surface area contributed by atoms with Gasteiger partial charge in [0.2, 0.25) is 5.60 Å². The Labute approximate surface area is 134 Å². The molecule has 1 aliphatic rings. The third kappa shape index (κ3) is 3.39. The highest BCUT2D eigenvalue weighted by atomic mass is 19.1. The molecule has 118 valence electrons. The van der Waals surface area contributed by atoms with Gasteiger partial charge < -0.3 is 10.2 Å². The van der Waals surface area contributed by atoms with Gasteiger partial charge in [0.05, 0.1) is 5.71 Å². The topological polar surface area (TPSA) is 50.7 Å². The second-order valence-corrected chi connectivity index (χ2v) is 5.71. The zero-order valence-electron chi connectivity index (χ0n) is 12.8. The molecule has 0 saturated heterocycles. The van der Waals surface area contributed by atoms with Crippen molar-refractivity contribution in [2.45, 2.75) is 25.5 Å². The number of nitrogens with zero attached hydrogens (tertiary/aromatic N) is 1. The number of benzene rings is 2. The average Bonchev–Trinajstić information content (AvgIpc) is 2.99. The molecule has 0 fully saturated rings. The number of oxime groups is 1. The average molecular weight is 312 g/mol. The lowest BCUT2D eigenvalue weighted by molar-refractivity contribution is -0.141. The second-order valence-electron chi connectivity index (χ2n) is 5.71. The zero-order chi connectivity index (χ0) is 16.3. The fourth-order valence-electron chi connectivity index (χ4n) is 2.42. The van der Waals surface area contributed by atoms with Crippen LogP contribution in [0.15, 0.2) is 59.8 Å². The Bertz CT molecular complexity index is 728. The van der Waals surface area contributed by atoms with Crippen LogP contribution in [0.25, 0.3) is 0 Å². The molecule has 5 heteroatoms. The van der Waals surface area contributed by atoms with Gasteiger partial charge in [0, 0.05) is 13.0 Å². The Morgan fingerprint density at radius 2 is 1.91 bits per heavy atom. The van der Waals surface area contributed by atoms with E-state index in [0.29, 0.717) is 13.0 Å². The summed E-state index contributed by atoms with van der Waals surface area (Å²) >= 11 is 0. The molecule has 1 heterocycles. The third-order valence-electron chi connectivity index (χ3n) is 3.82. The van der Waals surface area contributed by atoms with Gasteiger partial charge in [-0.3, -0.25) is 4.79 Å². The number of amides is 1. The SMILES string of the molecule is C[C@@]1(C(=O)NCc2ccc(F)cc2)CC(c2ccccc2)=NO1. The van der Waals surface area contributed by atoms with Crippen molar-refractivity contribution in [2.75, 3.05) is 0 Å². The van der Waals surface area contributed by atoms with E-state index in [1.54, 1.807) is 19.1 Å². The molecule has 0 spiro atoms. The first-order chi connectivity index (χ1) is 11.1. The number of hydrogen-bond acceptors (Lipinski definition) is 3. The molecule has 23 heavy (non-hydrogen) atoms. The standard InChI is InChI=1S/C18H17FN2O2/c1-18(11-16(21-23-18)14-5-3-2-4-6-14)17(22)20-12-13-7-9-15(19)10-8-13/h2-10H,11-12H2,1H3,(H,20,22)/t18-/m0/s1. The molecule has 0 saturated carbocycles. The number of rotatable bonds is 4. The van der Waals surface area contributed by atoms with Crippen molar-refractivity contribution < 1.29 is 14.0 Å². The van der Waals surface area contributed by atoms with E-state index in [9.17, 15) is 9.18 Å². The summed E-state index contributed by atoms with van der Waals surface area (Å²) in [5.41, 5.74) is 1.50. The summed E-state index contributed by atoms with van der Waals surface area (Å²) in [6.45, 7) is 2.03. The van der Waals surface area contributed by atoms with Gasteiger partial charge in [0.15, 0.2) is 0 Å². The minimum absolute atomic E-state index is 0.239. The van der Waals surface area contributed by atoms with E-state index in [1.165, 1.54) is 12.1 Å². The van der Waals surface area contributed by atoms with Crippen LogP contribution in [-0.4, -0.2) is 17.2 Å². The van der Waals surface area contributed by atoms with E-state index in [0.717, 1.165) is 16.8 Å². The number of nitrogens with one attached hydrogen (secondary N) is 1. The molecule has 0 aromatic heterocycles. The van der Waals surface area contributed by atoms with Gasteiger partial charge in [-0.1, -0.05) is 47.6 Å². The number of carbonyl (C=O) groups excluding carboxylic acids is 1. The van der Waals surface area contributed by atoms with Gasteiger partial charge in [-0.05, 0) is 30.2 Å². The molecule has 3 rings (SSSR count). The van der Waals surface area contributed by atoms with Gasteiger partial charge in [-0.25, -0.2) is 4.39 Å². The third-order valence-corrected chi connectivity index (χ3v) is 3.82. The quantitative estimate of drug-likeness (QED) is 0.943. The second kappa shape index (κ2) is 6.20. The number of halogens is 1. The Kier molecular flexibility index (Phi) is 4.10. The van der Waals surface area contributed by atoms with Crippen LogP contribution in [-0.2, 0) is 16.2 Å². The van der Waals surface area contributed by atoms with E-state index >= 15 is 0 Å². The summed E-state index contributed by atoms with van der Waals surface area (Å²) in [4.78, 5) is 17.8. The maximum absolute atomic E-state index is 12.9. The van der Waals surface area contributed by atoms with Gasteiger partial charge in [-0.15, -0.1) is 0 Å². The molecular weight excluding hydrogens is 295 g/mol. The summed E-state index contributed by atoms with van der Waals surface area (Å²) < 4.78 is 12.9. The molecule has 1 N–H and O–H groups in total. The molecule has 2 aromatic rings. The fourth-order valence-corrected chi connectivity index (χ4v) is 2.42. The van der Waals surface area contributed by atoms with Crippen LogP contribution in [0.2, 0.25) is 0 Å². The van der Waals surface area contributed by atoms with Crippen molar-refractivity contribution in [2.24, 2.45) is 5.16 Å². The Morgan fingerprint density at radius 3 is 2.61 bits per heavy atom. The van der Waals surface area contributed by atoms with Crippen LogP contribution in [0, 0.1) is 5.82 Å². The smallest absolute Gasteiger partial charge is 0.267 e. The molecule has 1 amide bonds. The van der Waals surface area contributed by atoms with E-state index in [4.69, 9.17) is 4.84 Å². The summed E-state index contributed by atoms with van der Waals surface area (Å²) in [6, 6.07) is 15.6. The number of hydrogen-bond donors (Lipinski definition) is 1. The summed E-state index contributed by atoms with van der Waals surface area (Å²) in [5.74, 6) is -0.538. The van der Waals surface area contributed by atoms with Crippen LogP contribution in [0.1, 0.15) is 24.5 Å². The van der Waals surface area contributed by atoms with Crippen molar-refractivity contribution in [1.82, 2.24) is 5.32 Å². The minimum atomic E-state index is -1.02. The minimum Gasteiger partial charge on any atom is -0.379 e. The van der Waals surface area contributed by atoms with E-state index in [-0.39, 0.29) is 11.7 Å². The fraction of sp³-hybridized carbons (Fsp3) is 0.222. The largest absolute Gasteiger partial charge is 0.379 e. The highest BCUT2D eigenvalue weighted by Crippen LogP contribution is 2.26. The lowest BCUT2D eigenvalue weighted by atomic mass is 9.95. The Balaban J connectivity index is 1.61. The Hall–Kier alpha value is -2.69. The first-order valence-electron chi connectivity index (χ1n) is 7.40. The summed E-state index contributed by atoms with van der Waals surface area (Å²) in [6.07, 6.45) is 0.409. The predicted molar refractivity (Wildman–Crippen MR) is 85.3 cm³/mol. The van der Waals surface area contributed by atoms with Crippen molar-refractivity contribution in [1.29, 1.82) is 0 Å². The van der Waals surface area contributed by atoms with E-state index in [1.807, 2.05) is 30.3 Å². The predicted octanol–water partition coefficient (Wildman–Crippen LogP) is 3.03. The van der Waals surface area contributed by atoms with Gasteiger partial charge in [-0.2, -0.15) is 0 Å². The maximum atomic E-state index is 12.9. The van der Waals surface area contributed by atoms with Gasteiger partial charge in [0.1, 0.15) is 5.82 Å². The van der Waals surface area contributed by atoms with Crippen LogP contribution >= 0.6 is 0 Å². The first kappa shape index (κ1) is 15.2. The lowest BCUT2D eigenvalue weighted by Gasteiger charge is -2.20. The molecule has 0 bridgehead atoms.